The highest BCUT2D eigenvalue weighted by Gasteiger charge is 2.16. The first kappa shape index (κ1) is 18.4. The lowest BCUT2D eigenvalue weighted by atomic mass is 10.1. The lowest BCUT2D eigenvalue weighted by Gasteiger charge is -2.15. The van der Waals surface area contributed by atoms with Gasteiger partial charge < -0.3 is 10.1 Å². The Labute approximate surface area is 150 Å². The fourth-order valence-corrected chi connectivity index (χ4v) is 3.09. The van der Waals surface area contributed by atoms with Crippen LogP contribution in [0.25, 0.3) is 0 Å². The van der Waals surface area contributed by atoms with E-state index < -0.39 is 5.97 Å². The molecule has 1 atom stereocenters. The summed E-state index contributed by atoms with van der Waals surface area (Å²) >= 11 is 7.56. The molecule has 0 unspecified atom stereocenters. The number of esters is 1. The lowest BCUT2D eigenvalue weighted by Crippen LogP contribution is -2.31. The Balaban J connectivity index is 1.91. The zero-order valence-electron chi connectivity index (χ0n) is 13.4. The summed E-state index contributed by atoms with van der Waals surface area (Å²) in [6.07, 6.45) is 1.88. The zero-order chi connectivity index (χ0) is 17.5. The molecule has 1 amide bonds. The third kappa shape index (κ3) is 4.76. The molecular formula is C18H18ClNO3S. The second-order valence-electron chi connectivity index (χ2n) is 5.09. The van der Waals surface area contributed by atoms with Gasteiger partial charge in [0.25, 0.3) is 5.91 Å². The van der Waals surface area contributed by atoms with Crippen LogP contribution in [0.1, 0.15) is 28.9 Å². The van der Waals surface area contributed by atoms with Crippen LogP contribution < -0.4 is 5.32 Å². The third-order valence-electron chi connectivity index (χ3n) is 3.41. The molecule has 0 aliphatic carbocycles. The number of hydrogen-bond donors (Lipinski definition) is 1. The van der Waals surface area contributed by atoms with Crippen molar-refractivity contribution in [1.29, 1.82) is 0 Å². The van der Waals surface area contributed by atoms with Gasteiger partial charge in [-0.15, -0.1) is 11.8 Å². The number of nitrogens with one attached hydrogen (secondary N) is 1. The van der Waals surface area contributed by atoms with Crippen molar-refractivity contribution in [3.63, 3.8) is 0 Å². The minimum absolute atomic E-state index is 0.275. The number of halogens is 1. The highest BCUT2D eigenvalue weighted by molar-refractivity contribution is 7.98. The first-order valence-corrected chi connectivity index (χ1v) is 8.97. The van der Waals surface area contributed by atoms with Gasteiger partial charge >= 0.3 is 5.97 Å². The van der Waals surface area contributed by atoms with Gasteiger partial charge in [0.15, 0.2) is 6.61 Å². The maximum absolute atomic E-state index is 12.1. The molecule has 24 heavy (non-hydrogen) atoms. The molecule has 4 nitrogen and oxygen atoms in total. The topological polar surface area (TPSA) is 55.4 Å². The van der Waals surface area contributed by atoms with E-state index in [1.165, 1.54) is 11.8 Å². The molecule has 0 bridgehead atoms. The summed E-state index contributed by atoms with van der Waals surface area (Å²) in [5.41, 5.74) is 1.27. The van der Waals surface area contributed by atoms with Crippen molar-refractivity contribution < 1.29 is 14.3 Å². The van der Waals surface area contributed by atoms with Crippen LogP contribution in [0.2, 0.25) is 5.02 Å². The Kier molecular flexibility index (Phi) is 6.70. The number of rotatable bonds is 6. The van der Waals surface area contributed by atoms with Crippen molar-refractivity contribution in [3.8, 4) is 0 Å². The first-order valence-electron chi connectivity index (χ1n) is 7.37. The van der Waals surface area contributed by atoms with Gasteiger partial charge in [-0.05, 0) is 36.9 Å². The van der Waals surface area contributed by atoms with E-state index in [0.29, 0.717) is 10.6 Å². The van der Waals surface area contributed by atoms with Crippen molar-refractivity contribution in [3.05, 3.63) is 64.7 Å². The van der Waals surface area contributed by atoms with E-state index in [2.05, 4.69) is 5.32 Å². The summed E-state index contributed by atoms with van der Waals surface area (Å²) < 4.78 is 5.10. The minimum atomic E-state index is -0.513. The molecular weight excluding hydrogens is 346 g/mol. The van der Waals surface area contributed by atoms with Crippen LogP contribution in [0.5, 0.6) is 0 Å². The average Bonchev–Trinajstić information content (AvgIpc) is 2.59. The summed E-state index contributed by atoms with van der Waals surface area (Å²) in [6.45, 7) is 1.49. The number of carbonyl (C=O) groups is 2. The zero-order valence-corrected chi connectivity index (χ0v) is 15.0. The number of thioether (sulfide) groups is 1. The molecule has 0 radical (unpaired) electrons. The molecule has 2 aromatic carbocycles. The van der Waals surface area contributed by atoms with Crippen LogP contribution in [0.4, 0.5) is 0 Å². The molecule has 0 saturated carbocycles. The standard InChI is InChI=1S/C18H18ClNO3S/c1-12(13-7-3-5-9-15(13)19)20-17(21)11-23-18(22)14-8-4-6-10-16(14)24-2/h3-10,12H,11H2,1-2H3,(H,20,21)/t12-/m0/s1. The highest BCUT2D eigenvalue weighted by Crippen LogP contribution is 2.22. The predicted molar refractivity (Wildman–Crippen MR) is 96.5 cm³/mol. The van der Waals surface area contributed by atoms with Crippen LogP contribution >= 0.6 is 23.4 Å². The molecule has 0 aliphatic heterocycles. The van der Waals surface area contributed by atoms with Gasteiger partial charge in [0, 0.05) is 9.92 Å². The van der Waals surface area contributed by atoms with Gasteiger partial charge in [0.2, 0.25) is 0 Å². The van der Waals surface area contributed by atoms with Crippen molar-refractivity contribution >= 4 is 35.2 Å². The SMILES string of the molecule is CSc1ccccc1C(=O)OCC(=O)N[C@@H](C)c1ccccc1Cl. The van der Waals surface area contributed by atoms with Crippen LogP contribution in [0.3, 0.4) is 0 Å². The molecule has 0 fully saturated rings. The van der Waals surface area contributed by atoms with E-state index in [4.69, 9.17) is 16.3 Å². The second-order valence-corrected chi connectivity index (χ2v) is 6.34. The molecule has 0 aromatic heterocycles. The fraction of sp³-hybridized carbons (Fsp3) is 0.222. The average molecular weight is 364 g/mol. The molecule has 126 valence electrons. The van der Waals surface area contributed by atoms with Gasteiger partial charge in [-0.2, -0.15) is 0 Å². The summed E-state index contributed by atoms with van der Waals surface area (Å²) in [4.78, 5) is 24.9. The molecule has 2 aromatic rings. The molecule has 1 N–H and O–H groups in total. The first-order chi connectivity index (χ1) is 11.5. The number of hydrogen-bond acceptors (Lipinski definition) is 4. The summed E-state index contributed by atoms with van der Waals surface area (Å²) in [7, 11) is 0. The van der Waals surface area contributed by atoms with Crippen molar-refractivity contribution in [1.82, 2.24) is 5.32 Å². The minimum Gasteiger partial charge on any atom is -0.452 e. The maximum atomic E-state index is 12.1. The Bertz CT molecular complexity index is 736. The quantitative estimate of drug-likeness (QED) is 0.620. The summed E-state index contributed by atoms with van der Waals surface area (Å²) in [5, 5.41) is 3.35. The maximum Gasteiger partial charge on any atom is 0.339 e. The van der Waals surface area contributed by atoms with E-state index in [1.54, 1.807) is 18.2 Å². The highest BCUT2D eigenvalue weighted by atomic mass is 35.5. The van der Waals surface area contributed by atoms with Gasteiger partial charge in [0.05, 0.1) is 11.6 Å². The molecule has 0 heterocycles. The molecule has 2 rings (SSSR count). The van der Waals surface area contributed by atoms with E-state index >= 15 is 0 Å². The molecule has 0 saturated heterocycles. The third-order valence-corrected chi connectivity index (χ3v) is 4.55. The Morgan fingerprint density at radius 1 is 1.17 bits per heavy atom. The van der Waals surface area contributed by atoms with Gasteiger partial charge in [0.1, 0.15) is 0 Å². The van der Waals surface area contributed by atoms with Crippen LogP contribution in [-0.4, -0.2) is 24.7 Å². The largest absolute Gasteiger partial charge is 0.452 e. The molecule has 6 heteroatoms. The van der Waals surface area contributed by atoms with Crippen molar-refractivity contribution in [2.75, 3.05) is 12.9 Å². The molecule has 0 spiro atoms. The Morgan fingerprint density at radius 3 is 2.54 bits per heavy atom. The lowest BCUT2D eigenvalue weighted by molar-refractivity contribution is -0.124. The van der Waals surface area contributed by atoms with Gasteiger partial charge in [-0.3, -0.25) is 4.79 Å². The monoisotopic (exact) mass is 363 g/mol. The summed E-state index contributed by atoms with van der Waals surface area (Å²) in [5.74, 6) is -0.891. The van der Waals surface area contributed by atoms with Crippen LogP contribution in [0, 0.1) is 0 Å². The number of benzene rings is 2. The van der Waals surface area contributed by atoms with Crippen molar-refractivity contribution in [2.24, 2.45) is 0 Å². The number of ether oxygens (including phenoxy) is 1. The number of amides is 1. The van der Waals surface area contributed by atoms with Crippen molar-refractivity contribution in [2.45, 2.75) is 17.9 Å². The van der Waals surface area contributed by atoms with Gasteiger partial charge in [-0.1, -0.05) is 41.9 Å². The number of carbonyl (C=O) groups excluding carboxylic acids is 2. The smallest absolute Gasteiger partial charge is 0.339 e. The van der Waals surface area contributed by atoms with E-state index in [0.717, 1.165) is 10.5 Å². The van der Waals surface area contributed by atoms with Crippen LogP contribution in [-0.2, 0) is 9.53 Å². The van der Waals surface area contributed by atoms with E-state index in [1.807, 2.05) is 43.5 Å². The summed E-state index contributed by atoms with van der Waals surface area (Å²) in [6, 6.07) is 14.1. The predicted octanol–water partition coefficient (Wildman–Crippen LogP) is 4.10. The van der Waals surface area contributed by atoms with E-state index in [-0.39, 0.29) is 18.6 Å². The fourth-order valence-electron chi connectivity index (χ4n) is 2.21. The van der Waals surface area contributed by atoms with Crippen LogP contribution in [0.15, 0.2) is 53.4 Å². The molecule has 0 aliphatic rings. The second kappa shape index (κ2) is 8.76. The Morgan fingerprint density at radius 2 is 1.83 bits per heavy atom. The van der Waals surface area contributed by atoms with Gasteiger partial charge in [-0.25, -0.2) is 4.79 Å². The van der Waals surface area contributed by atoms with E-state index in [9.17, 15) is 9.59 Å². The normalized spacial score (nSPS) is 11.6. The Hall–Kier alpha value is -1.98.